The molecule has 1 aliphatic rings. The molecule has 0 unspecified atom stereocenters. The molecule has 1 atom stereocenters. The number of nitrogens with one attached hydrogen (secondary N) is 4. The Bertz CT molecular complexity index is 2020. The number of phenolic OH excluding ortho intramolecular Hbond substituents is 1. The fourth-order valence-electron chi connectivity index (χ4n) is 6.37. The van der Waals surface area contributed by atoms with Gasteiger partial charge in [-0.3, -0.25) is 14.9 Å². The Labute approximate surface area is 296 Å². The molecule has 1 saturated heterocycles. The van der Waals surface area contributed by atoms with E-state index in [-0.39, 0.29) is 23.8 Å². The summed E-state index contributed by atoms with van der Waals surface area (Å²) in [6, 6.07) is 31.1. The largest absolute Gasteiger partial charge is 0.506 e. The maximum Gasteiger partial charge on any atom is 0.412 e. The highest BCUT2D eigenvalue weighted by molar-refractivity contribution is 5.92. The Morgan fingerprint density at radius 3 is 2.39 bits per heavy atom. The summed E-state index contributed by atoms with van der Waals surface area (Å²) in [6.07, 6.45) is 0.347. The van der Waals surface area contributed by atoms with Crippen LogP contribution in [0.1, 0.15) is 43.4 Å². The maximum absolute atomic E-state index is 12.9. The van der Waals surface area contributed by atoms with Gasteiger partial charge in [0.05, 0.1) is 17.3 Å². The van der Waals surface area contributed by atoms with Gasteiger partial charge < -0.3 is 35.5 Å². The third kappa shape index (κ3) is 9.20. The number of hydrogen-bond acceptors (Lipinski definition) is 8. The number of hydrogen-bond donors (Lipinski definition) is 6. The van der Waals surface area contributed by atoms with Crippen molar-refractivity contribution < 1.29 is 24.5 Å². The molecule has 0 spiro atoms. The first-order chi connectivity index (χ1) is 24.7. The number of ether oxygens (including phenoxy) is 1. The molecule has 0 bridgehead atoms. The van der Waals surface area contributed by atoms with E-state index in [1.165, 1.54) is 12.1 Å². The summed E-state index contributed by atoms with van der Waals surface area (Å²) >= 11 is 0. The van der Waals surface area contributed by atoms with Crippen molar-refractivity contribution in [2.24, 2.45) is 0 Å². The van der Waals surface area contributed by atoms with Crippen molar-refractivity contribution >= 4 is 34.3 Å². The number of H-pyrrole nitrogens is 1. The first-order valence-corrected chi connectivity index (χ1v) is 17.2. The van der Waals surface area contributed by atoms with E-state index in [4.69, 9.17) is 4.74 Å². The Morgan fingerprint density at radius 1 is 0.902 bits per heavy atom. The third-order valence-corrected chi connectivity index (χ3v) is 9.33. The number of carbonyl (C=O) groups is 2. The molecule has 4 aromatic carbocycles. The number of amides is 2. The molecule has 11 nitrogen and oxygen atoms in total. The second kappa shape index (κ2) is 16.0. The van der Waals surface area contributed by atoms with Crippen LogP contribution in [0.3, 0.4) is 0 Å². The van der Waals surface area contributed by atoms with Gasteiger partial charge in [-0.05, 0) is 66.8 Å². The zero-order chi connectivity index (χ0) is 35.8. The molecule has 0 saturated carbocycles. The lowest BCUT2D eigenvalue weighted by molar-refractivity contribution is -0.116. The maximum atomic E-state index is 12.9. The number of pyridine rings is 1. The van der Waals surface area contributed by atoms with Crippen molar-refractivity contribution in [3.05, 3.63) is 125 Å². The summed E-state index contributed by atoms with van der Waals surface area (Å²) in [4.78, 5) is 42.2. The van der Waals surface area contributed by atoms with Crippen LogP contribution in [0.5, 0.6) is 5.75 Å². The number of carbonyl (C=O) groups excluding carboxylic acids is 2. The van der Waals surface area contributed by atoms with E-state index in [1.807, 2.05) is 85.8 Å². The highest BCUT2D eigenvalue weighted by Gasteiger charge is 2.34. The minimum absolute atomic E-state index is 0.0522. The number of benzene rings is 4. The average molecular weight is 690 g/mol. The molecule has 2 heterocycles. The first kappa shape index (κ1) is 35.3. The van der Waals surface area contributed by atoms with E-state index in [0.717, 1.165) is 29.8 Å². The molecule has 1 aliphatic heterocycles. The Hall–Kier alpha value is -5.49. The van der Waals surface area contributed by atoms with E-state index < -0.39 is 17.8 Å². The summed E-state index contributed by atoms with van der Waals surface area (Å²) in [5.74, 6) is -0.129. The zero-order valence-corrected chi connectivity index (χ0v) is 28.5. The molecule has 2 amide bonds. The van der Waals surface area contributed by atoms with E-state index in [2.05, 4.69) is 25.8 Å². The minimum atomic E-state index is -0.855. The number of para-hydroxylation sites is 1. The lowest BCUT2D eigenvalue weighted by atomic mass is 9.93. The molecule has 5 aromatic rings. The number of piperidine rings is 1. The van der Waals surface area contributed by atoms with Crippen LogP contribution in [0.15, 0.2) is 108 Å². The minimum Gasteiger partial charge on any atom is -0.506 e. The number of aliphatic hydroxyl groups is 1. The van der Waals surface area contributed by atoms with Gasteiger partial charge in [-0.25, -0.2) is 4.79 Å². The molecular formula is C40H43N5O6. The predicted molar refractivity (Wildman–Crippen MR) is 199 cm³/mol. The van der Waals surface area contributed by atoms with Crippen LogP contribution in [-0.2, 0) is 16.1 Å². The van der Waals surface area contributed by atoms with Crippen LogP contribution >= 0.6 is 0 Å². The number of aromatic hydroxyl groups is 1. The van der Waals surface area contributed by atoms with Crippen molar-refractivity contribution in [2.45, 2.75) is 44.4 Å². The number of likely N-dealkylation sites (tertiary alicyclic amines) is 1. The fraction of sp³-hybridized carbons (Fsp3) is 0.275. The zero-order valence-electron chi connectivity index (χ0n) is 28.5. The molecule has 51 heavy (non-hydrogen) atoms. The van der Waals surface area contributed by atoms with Gasteiger partial charge in [0.25, 0.3) is 0 Å². The summed E-state index contributed by atoms with van der Waals surface area (Å²) in [7, 11) is 0. The van der Waals surface area contributed by atoms with Crippen molar-refractivity contribution in [1.29, 1.82) is 0 Å². The van der Waals surface area contributed by atoms with Gasteiger partial charge in [-0.15, -0.1) is 0 Å². The van der Waals surface area contributed by atoms with E-state index in [0.29, 0.717) is 60.2 Å². The van der Waals surface area contributed by atoms with Crippen molar-refractivity contribution in [1.82, 2.24) is 15.2 Å². The summed E-state index contributed by atoms with van der Waals surface area (Å²) in [5.41, 5.74) is 4.29. The molecule has 1 fully saturated rings. The lowest BCUT2D eigenvalue weighted by Crippen LogP contribution is -2.46. The van der Waals surface area contributed by atoms with Gasteiger partial charge in [0.2, 0.25) is 11.5 Å². The van der Waals surface area contributed by atoms with Gasteiger partial charge in [0.1, 0.15) is 11.4 Å². The molecule has 0 aliphatic carbocycles. The van der Waals surface area contributed by atoms with Crippen molar-refractivity contribution in [2.75, 3.05) is 36.8 Å². The Morgan fingerprint density at radius 2 is 1.63 bits per heavy atom. The van der Waals surface area contributed by atoms with Crippen LogP contribution in [0, 0.1) is 0 Å². The highest BCUT2D eigenvalue weighted by Crippen LogP contribution is 2.31. The summed E-state index contributed by atoms with van der Waals surface area (Å²) in [6.45, 7) is 4.76. The normalized spacial score (nSPS) is 14.9. The average Bonchev–Trinajstić information content (AvgIpc) is 3.13. The van der Waals surface area contributed by atoms with Crippen LogP contribution in [-0.4, -0.2) is 63.9 Å². The predicted octanol–water partition coefficient (Wildman–Crippen LogP) is 6.16. The number of rotatable bonds is 12. The van der Waals surface area contributed by atoms with E-state index in [1.54, 1.807) is 12.1 Å². The second-order valence-electron chi connectivity index (χ2n) is 13.1. The van der Waals surface area contributed by atoms with Crippen LogP contribution in [0.25, 0.3) is 22.0 Å². The third-order valence-electron chi connectivity index (χ3n) is 9.33. The second-order valence-corrected chi connectivity index (χ2v) is 13.1. The number of anilines is 2. The quantitative estimate of drug-likeness (QED) is 0.0911. The Kier molecular flexibility index (Phi) is 11.1. The van der Waals surface area contributed by atoms with Crippen molar-refractivity contribution in [3.8, 4) is 16.9 Å². The topological polar surface area (TPSA) is 156 Å². The molecule has 1 aromatic heterocycles. The number of aromatic amines is 1. The molecule has 6 N–H and O–H groups in total. The van der Waals surface area contributed by atoms with Crippen LogP contribution in [0.2, 0.25) is 0 Å². The Balaban J connectivity index is 0.903. The number of nitrogens with zero attached hydrogens (tertiary/aromatic N) is 1. The highest BCUT2D eigenvalue weighted by atomic mass is 16.6. The molecular weight excluding hydrogens is 646 g/mol. The smallest absolute Gasteiger partial charge is 0.412 e. The van der Waals surface area contributed by atoms with Gasteiger partial charge in [-0.1, -0.05) is 66.7 Å². The van der Waals surface area contributed by atoms with Crippen LogP contribution < -0.4 is 21.5 Å². The number of fused-ring (bicyclic) bond motifs is 1. The van der Waals surface area contributed by atoms with Gasteiger partial charge in [0.15, 0.2) is 0 Å². The van der Waals surface area contributed by atoms with Crippen molar-refractivity contribution in [3.63, 3.8) is 0 Å². The molecule has 0 radical (unpaired) electrons. The monoisotopic (exact) mass is 689 g/mol. The fourth-order valence-corrected chi connectivity index (χ4v) is 6.37. The SMILES string of the molecule is CC1(OC(=O)Nc2ccccc2-c2ccccc2)CCN(CCC(=O)Nc2ccc(CNC[C@H](O)c3ccc(O)c4[nH]c(=O)ccc34)cc2)CC1. The molecule has 6 rings (SSSR count). The number of phenols is 1. The first-order valence-electron chi connectivity index (χ1n) is 17.2. The molecule has 11 heteroatoms. The van der Waals surface area contributed by atoms with Gasteiger partial charge in [-0.2, -0.15) is 0 Å². The van der Waals surface area contributed by atoms with Gasteiger partial charge >= 0.3 is 6.09 Å². The number of aliphatic hydroxyl groups excluding tert-OH is 1. The lowest BCUT2D eigenvalue weighted by Gasteiger charge is -2.38. The standard InChI is InChI=1S/C40H43N5O6/c1-40(51-39(50)43-33-10-6-5-9-30(33)28-7-3-2-4-8-28)20-23-45(24-21-40)22-19-37(49)42-29-13-11-27(12-14-29)25-41-26-35(47)31-15-17-34(46)38-32(31)16-18-36(48)44-38/h2-18,35,41,46-47H,19-26H2,1H3,(H,42,49)(H,43,50)(H,44,48)/t35-/m0/s1. The summed E-state index contributed by atoms with van der Waals surface area (Å²) in [5, 5.41) is 30.6. The van der Waals surface area contributed by atoms with E-state index >= 15 is 0 Å². The van der Waals surface area contributed by atoms with Crippen LogP contribution in [0.4, 0.5) is 16.2 Å². The van der Waals surface area contributed by atoms with Gasteiger partial charge in [0, 0.05) is 61.8 Å². The van der Waals surface area contributed by atoms with E-state index in [9.17, 15) is 24.6 Å². The number of aromatic nitrogens is 1. The summed E-state index contributed by atoms with van der Waals surface area (Å²) < 4.78 is 5.92. The molecule has 264 valence electrons.